The second-order valence-electron chi connectivity index (χ2n) is 5.11. The van der Waals surface area contributed by atoms with Crippen LogP contribution in [-0.4, -0.2) is 29.3 Å². The Labute approximate surface area is 111 Å². The second kappa shape index (κ2) is 3.85. The molecule has 1 aromatic heterocycles. The van der Waals surface area contributed by atoms with Gasteiger partial charge >= 0.3 is 0 Å². The third-order valence-electron chi connectivity index (χ3n) is 4.02. The molecule has 0 saturated carbocycles. The third-order valence-corrected chi connectivity index (χ3v) is 4.02. The lowest BCUT2D eigenvalue weighted by molar-refractivity contribution is -0.105. The number of hydrogen-bond acceptors (Lipinski definition) is 2. The molecule has 4 rings (SSSR count). The number of aldehydes is 1. The van der Waals surface area contributed by atoms with Gasteiger partial charge in [-0.2, -0.15) is 0 Å². The van der Waals surface area contributed by atoms with Crippen LogP contribution in [0.2, 0.25) is 0 Å². The molecule has 1 N–H and O–H groups in total. The van der Waals surface area contributed by atoms with Crippen molar-refractivity contribution in [1.29, 1.82) is 0 Å². The van der Waals surface area contributed by atoms with Gasteiger partial charge in [0.1, 0.15) is 6.29 Å². The van der Waals surface area contributed by atoms with E-state index < -0.39 is 0 Å². The number of carbonyl (C=O) groups is 1. The van der Waals surface area contributed by atoms with Crippen molar-refractivity contribution in [2.75, 3.05) is 13.1 Å². The maximum absolute atomic E-state index is 10.9. The van der Waals surface area contributed by atoms with Crippen molar-refractivity contribution in [2.24, 2.45) is 0 Å². The quantitative estimate of drug-likeness (QED) is 0.789. The minimum atomic E-state index is 0.726. The number of nitrogens with one attached hydrogen (secondary N) is 1. The number of fused-ring (bicyclic) bond motifs is 5. The molecule has 19 heavy (non-hydrogen) atoms. The summed E-state index contributed by atoms with van der Waals surface area (Å²) in [7, 11) is 0. The molecule has 3 heterocycles. The third kappa shape index (κ3) is 1.48. The summed E-state index contributed by atoms with van der Waals surface area (Å²) >= 11 is 0. The predicted molar refractivity (Wildman–Crippen MR) is 75.7 cm³/mol. The van der Waals surface area contributed by atoms with Gasteiger partial charge in [0, 0.05) is 29.6 Å². The van der Waals surface area contributed by atoms with E-state index >= 15 is 0 Å². The van der Waals surface area contributed by atoms with E-state index in [0.717, 1.165) is 31.4 Å². The molecule has 0 unspecified atom stereocenters. The number of hydrogen-bond donors (Lipinski definition) is 1. The number of aromatic amines is 1. The first kappa shape index (κ1) is 10.6. The number of aromatic nitrogens is 1. The molecule has 0 bridgehead atoms. The van der Waals surface area contributed by atoms with Crippen molar-refractivity contribution in [3.8, 4) is 0 Å². The Morgan fingerprint density at radius 3 is 3.00 bits per heavy atom. The maximum Gasteiger partial charge on any atom is 0.147 e. The molecule has 2 aliphatic heterocycles. The van der Waals surface area contributed by atoms with Crippen LogP contribution in [0.15, 0.2) is 42.0 Å². The van der Waals surface area contributed by atoms with Gasteiger partial charge in [0.25, 0.3) is 0 Å². The first-order valence-corrected chi connectivity index (χ1v) is 6.58. The van der Waals surface area contributed by atoms with Crippen molar-refractivity contribution in [1.82, 2.24) is 9.88 Å². The summed E-state index contributed by atoms with van der Waals surface area (Å²) < 4.78 is 0. The van der Waals surface area contributed by atoms with E-state index in [-0.39, 0.29) is 0 Å². The lowest BCUT2D eigenvalue weighted by Gasteiger charge is -2.33. The SMILES string of the molecule is O=CC1=CC=C2c3[nH]c4ccccc4c3CCN2C1. The van der Waals surface area contributed by atoms with Crippen molar-refractivity contribution >= 4 is 22.9 Å². The highest BCUT2D eigenvalue weighted by Crippen LogP contribution is 2.35. The van der Waals surface area contributed by atoms with Crippen LogP contribution < -0.4 is 0 Å². The lowest BCUT2D eigenvalue weighted by atomic mass is 9.98. The summed E-state index contributed by atoms with van der Waals surface area (Å²) in [6.45, 7) is 1.70. The normalized spacial score (nSPS) is 17.6. The number of para-hydroxylation sites is 1. The zero-order valence-electron chi connectivity index (χ0n) is 10.5. The topological polar surface area (TPSA) is 36.1 Å². The van der Waals surface area contributed by atoms with Gasteiger partial charge in [0.15, 0.2) is 0 Å². The maximum atomic E-state index is 10.9. The second-order valence-corrected chi connectivity index (χ2v) is 5.11. The lowest BCUT2D eigenvalue weighted by Crippen LogP contribution is -2.32. The van der Waals surface area contributed by atoms with E-state index in [0.29, 0.717) is 0 Å². The smallest absolute Gasteiger partial charge is 0.147 e. The summed E-state index contributed by atoms with van der Waals surface area (Å²) in [4.78, 5) is 16.7. The molecule has 0 radical (unpaired) electrons. The predicted octanol–water partition coefficient (Wildman–Crippen LogP) is 2.51. The minimum absolute atomic E-state index is 0.726. The molecule has 2 aliphatic rings. The highest BCUT2D eigenvalue weighted by atomic mass is 16.1. The molecular formula is C16H14N2O. The molecule has 0 spiro atoms. The minimum Gasteiger partial charge on any atom is -0.365 e. The Morgan fingerprint density at radius 2 is 2.11 bits per heavy atom. The monoisotopic (exact) mass is 250 g/mol. The van der Waals surface area contributed by atoms with Crippen LogP contribution in [0, 0.1) is 0 Å². The van der Waals surface area contributed by atoms with E-state index in [1.165, 1.54) is 27.9 Å². The van der Waals surface area contributed by atoms with Crippen LogP contribution in [0.5, 0.6) is 0 Å². The van der Waals surface area contributed by atoms with Crippen LogP contribution in [0.25, 0.3) is 16.6 Å². The Hall–Kier alpha value is -2.29. The standard InChI is InChI=1S/C16H14N2O/c19-10-11-5-6-15-16-13(7-8-18(15)9-11)12-3-1-2-4-14(12)17-16/h1-6,10,17H,7-9H2. The number of allylic oxidation sites excluding steroid dienone is 2. The molecule has 2 aromatic rings. The molecule has 0 saturated heterocycles. The Bertz CT molecular complexity index is 736. The van der Waals surface area contributed by atoms with Gasteiger partial charge < -0.3 is 9.88 Å². The highest BCUT2D eigenvalue weighted by molar-refractivity contribution is 5.91. The molecule has 94 valence electrons. The van der Waals surface area contributed by atoms with Crippen molar-refractivity contribution in [3.63, 3.8) is 0 Å². The van der Waals surface area contributed by atoms with Crippen LogP contribution >= 0.6 is 0 Å². The first-order valence-electron chi connectivity index (χ1n) is 6.58. The number of carbonyl (C=O) groups excluding carboxylic acids is 1. The van der Waals surface area contributed by atoms with Gasteiger partial charge in [-0.15, -0.1) is 0 Å². The Balaban J connectivity index is 1.93. The fourth-order valence-corrected chi connectivity index (χ4v) is 3.09. The van der Waals surface area contributed by atoms with Gasteiger partial charge in [-0.3, -0.25) is 4.79 Å². The van der Waals surface area contributed by atoms with E-state index in [1.807, 2.05) is 6.08 Å². The van der Waals surface area contributed by atoms with E-state index in [4.69, 9.17) is 0 Å². The fraction of sp³-hybridized carbons (Fsp3) is 0.188. The van der Waals surface area contributed by atoms with Crippen molar-refractivity contribution in [3.05, 3.63) is 53.2 Å². The molecule has 3 nitrogen and oxygen atoms in total. The number of rotatable bonds is 1. The van der Waals surface area contributed by atoms with Gasteiger partial charge in [-0.25, -0.2) is 0 Å². The molecule has 0 amide bonds. The van der Waals surface area contributed by atoms with Crippen molar-refractivity contribution < 1.29 is 4.79 Å². The first-order chi connectivity index (χ1) is 9.36. The average molecular weight is 250 g/mol. The molecule has 0 aliphatic carbocycles. The van der Waals surface area contributed by atoms with Gasteiger partial charge in [0.2, 0.25) is 0 Å². The van der Waals surface area contributed by atoms with E-state index in [2.05, 4.69) is 40.2 Å². The molecular weight excluding hydrogens is 236 g/mol. The van der Waals surface area contributed by atoms with E-state index in [9.17, 15) is 4.79 Å². The molecule has 3 heteroatoms. The highest BCUT2D eigenvalue weighted by Gasteiger charge is 2.26. The Kier molecular flexibility index (Phi) is 2.15. The van der Waals surface area contributed by atoms with Gasteiger partial charge in [-0.05, 0) is 24.1 Å². The number of benzene rings is 1. The molecule has 1 aromatic carbocycles. The van der Waals surface area contributed by atoms with Crippen LogP contribution in [0.3, 0.4) is 0 Å². The molecule has 0 atom stereocenters. The number of H-pyrrole nitrogens is 1. The summed E-state index contributed by atoms with van der Waals surface area (Å²) in [6, 6.07) is 8.44. The van der Waals surface area contributed by atoms with E-state index in [1.54, 1.807) is 0 Å². The van der Waals surface area contributed by atoms with Crippen molar-refractivity contribution in [2.45, 2.75) is 6.42 Å². The zero-order valence-corrected chi connectivity index (χ0v) is 10.5. The van der Waals surface area contributed by atoms with Gasteiger partial charge in [0.05, 0.1) is 11.4 Å². The Morgan fingerprint density at radius 1 is 1.21 bits per heavy atom. The van der Waals surface area contributed by atoms with Crippen LogP contribution in [0.1, 0.15) is 11.3 Å². The van der Waals surface area contributed by atoms with Gasteiger partial charge in [-0.1, -0.05) is 24.3 Å². The van der Waals surface area contributed by atoms with Crippen LogP contribution in [-0.2, 0) is 11.2 Å². The average Bonchev–Trinajstić information content (AvgIpc) is 2.85. The summed E-state index contributed by atoms with van der Waals surface area (Å²) in [5.74, 6) is 0. The summed E-state index contributed by atoms with van der Waals surface area (Å²) in [6.07, 6.45) is 5.97. The van der Waals surface area contributed by atoms with Crippen LogP contribution in [0.4, 0.5) is 0 Å². The zero-order chi connectivity index (χ0) is 12.8. The molecule has 0 fully saturated rings. The fourth-order valence-electron chi connectivity index (χ4n) is 3.09. The summed E-state index contributed by atoms with van der Waals surface area (Å²) in [5, 5.41) is 1.32. The largest absolute Gasteiger partial charge is 0.365 e. The number of nitrogens with zero attached hydrogens (tertiary/aromatic N) is 1. The summed E-state index contributed by atoms with van der Waals surface area (Å²) in [5.41, 5.74) is 5.88.